The van der Waals surface area contributed by atoms with Crippen LogP contribution in [0, 0.1) is 22.9 Å². The van der Waals surface area contributed by atoms with Crippen LogP contribution >= 0.6 is 0 Å². The highest BCUT2D eigenvalue weighted by Crippen LogP contribution is 2.48. The van der Waals surface area contributed by atoms with E-state index in [-0.39, 0.29) is 35.6 Å². The summed E-state index contributed by atoms with van der Waals surface area (Å²) in [5, 5.41) is 17.1. The zero-order chi connectivity index (χ0) is 27.0. The van der Waals surface area contributed by atoms with E-state index >= 15 is 0 Å². The van der Waals surface area contributed by atoms with Gasteiger partial charge in [0.25, 0.3) is 0 Å². The summed E-state index contributed by atoms with van der Waals surface area (Å²) in [4.78, 5) is 16.4. The van der Waals surface area contributed by atoms with E-state index in [2.05, 4.69) is 42.5 Å². The van der Waals surface area contributed by atoms with Gasteiger partial charge >= 0.3 is 0 Å². The molecule has 2 aromatic rings. The molecular weight excluding hydrogens is 483 g/mol. The van der Waals surface area contributed by atoms with E-state index in [0.717, 1.165) is 55.4 Å². The van der Waals surface area contributed by atoms with Crippen molar-refractivity contribution < 1.29 is 27.8 Å². The lowest BCUT2D eigenvalue weighted by Crippen LogP contribution is -2.52. The first-order valence-electron chi connectivity index (χ1n) is 12.8. The second-order valence-corrected chi connectivity index (χ2v) is 11.7. The Morgan fingerprint density at radius 1 is 1.19 bits per heavy atom. The third-order valence-electron chi connectivity index (χ3n) is 7.13. The second kappa shape index (κ2) is 10.6. The Hall–Kier alpha value is -2.65. The van der Waals surface area contributed by atoms with Crippen LogP contribution in [0.2, 0.25) is 0 Å². The Morgan fingerprint density at radius 3 is 2.43 bits per heavy atom. The number of benzene rings is 1. The monoisotopic (exact) mass is 519 g/mol. The van der Waals surface area contributed by atoms with Crippen molar-refractivity contribution in [2.24, 2.45) is 5.41 Å². The maximum absolute atomic E-state index is 13.7. The van der Waals surface area contributed by atoms with Crippen molar-refractivity contribution in [3.8, 4) is 5.88 Å². The zero-order valence-electron chi connectivity index (χ0n) is 21.8. The fraction of sp³-hybridized carbons (Fsp3) is 0.571. The van der Waals surface area contributed by atoms with Crippen molar-refractivity contribution in [2.75, 3.05) is 6.54 Å². The second-order valence-electron chi connectivity index (χ2n) is 11.7. The third-order valence-corrected chi connectivity index (χ3v) is 7.13. The van der Waals surface area contributed by atoms with E-state index in [1.807, 2.05) is 6.20 Å². The number of nitrogens with zero attached hydrogens (tertiary/aromatic N) is 1. The van der Waals surface area contributed by atoms with Crippen molar-refractivity contribution in [3.63, 3.8) is 0 Å². The number of carbonyl (C=O) groups is 1. The number of hydrogen-bond acceptors (Lipinski definition) is 5. The smallest absolute Gasteiger partial charge is 0.218 e. The van der Waals surface area contributed by atoms with Crippen LogP contribution in [0.4, 0.5) is 13.2 Å². The highest BCUT2D eigenvalue weighted by Gasteiger charge is 2.46. The van der Waals surface area contributed by atoms with Crippen molar-refractivity contribution in [1.82, 2.24) is 15.6 Å². The van der Waals surface area contributed by atoms with Gasteiger partial charge in [-0.15, -0.1) is 0 Å². The molecule has 3 atom stereocenters. The van der Waals surface area contributed by atoms with E-state index in [4.69, 9.17) is 4.74 Å². The molecule has 0 unspecified atom stereocenters. The molecule has 1 amide bonds. The molecule has 1 fully saturated rings. The summed E-state index contributed by atoms with van der Waals surface area (Å²) in [7, 11) is 0. The number of rotatable bonds is 8. The number of nitrogens with one attached hydrogen (secondary N) is 2. The van der Waals surface area contributed by atoms with Gasteiger partial charge in [-0.1, -0.05) is 20.8 Å². The van der Waals surface area contributed by atoms with Gasteiger partial charge in [0.1, 0.15) is 5.60 Å². The highest BCUT2D eigenvalue weighted by atomic mass is 19.2. The van der Waals surface area contributed by atoms with Crippen LogP contribution in [0.5, 0.6) is 5.88 Å². The number of hydrogen-bond donors (Lipinski definition) is 3. The predicted molar refractivity (Wildman–Crippen MR) is 134 cm³/mol. The molecule has 202 valence electrons. The van der Waals surface area contributed by atoms with E-state index in [1.165, 1.54) is 6.92 Å². The molecule has 0 radical (unpaired) electrons. The summed E-state index contributed by atoms with van der Waals surface area (Å²) in [6.07, 6.45) is 5.26. The summed E-state index contributed by atoms with van der Waals surface area (Å²) >= 11 is 0. The molecule has 2 heterocycles. The normalized spacial score (nSPS) is 19.9. The maximum atomic E-state index is 13.7. The number of halogens is 3. The minimum Gasteiger partial charge on any atom is -0.471 e. The average molecular weight is 520 g/mol. The van der Waals surface area contributed by atoms with Crippen LogP contribution in [0.15, 0.2) is 24.4 Å². The molecule has 3 N–H and O–H groups in total. The number of carbonyl (C=O) groups excluding carboxylic acids is 1. The van der Waals surface area contributed by atoms with Crippen molar-refractivity contribution in [3.05, 3.63) is 58.5 Å². The molecule has 9 heteroatoms. The number of pyridine rings is 1. The van der Waals surface area contributed by atoms with Gasteiger partial charge in [0.2, 0.25) is 11.8 Å². The highest BCUT2D eigenvalue weighted by molar-refractivity contribution is 5.73. The quantitative estimate of drug-likeness (QED) is 0.447. The van der Waals surface area contributed by atoms with Crippen molar-refractivity contribution in [2.45, 2.75) is 90.0 Å². The van der Waals surface area contributed by atoms with Gasteiger partial charge in [-0.3, -0.25) is 4.79 Å². The maximum Gasteiger partial charge on any atom is 0.218 e. The number of ether oxygens (including phenoxy) is 1. The van der Waals surface area contributed by atoms with Gasteiger partial charge in [-0.05, 0) is 66.8 Å². The van der Waals surface area contributed by atoms with E-state index in [9.17, 15) is 23.1 Å². The van der Waals surface area contributed by atoms with Crippen molar-refractivity contribution >= 4 is 5.91 Å². The van der Waals surface area contributed by atoms with Crippen molar-refractivity contribution in [1.29, 1.82) is 0 Å². The Morgan fingerprint density at radius 2 is 1.86 bits per heavy atom. The molecule has 1 aliphatic carbocycles. The number of amides is 1. The molecule has 37 heavy (non-hydrogen) atoms. The van der Waals surface area contributed by atoms with E-state index in [0.29, 0.717) is 5.88 Å². The van der Waals surface area contributed by atoms with E-state index in [1.54, 1.807) is 0 Å². The summed E-state index contributed by atoms with van der Waals surface area (Å²) in [6.45, 7) is 7.91. The SMILES string of the molecule is CC(=O)N[C@@H](Cc1cc(F)c(F)c(F)c1)[C@H](O)CN[C@H]1CC2(CCC2)Oc2ncc(CC(C)(C)C)cc21. The average Bonchev–Trinajstić information content (AvgIpc) is 2.78. The molecule has 4 rings (SSSR count). The molecule has 1 aliphatic heterocycles. The van der Waals surface area contributed by atoms with Crippen LogP contribution in [0.1, 0.15) is 76.1 Å². The van der Waals surface area contributed by atoms with E-state index < -0.39 is 35.5 Å². The van der Waals surface area contributed by atoms with Crippen LogP contribution in [-0.2, 0) is 17.6 Å². The molecule has 1 aromatic carbocycles. The number of aliphatic hydroxyl groups is 1. The van der Waals surface area contributed by atoms with Crippen LogP contribution in [0.25, 0.3) is 0 Å². The van der Waals surface area contributed by atoms with Crippen LogP contribution in [-0.4, -0.2) is 40.3 Å². The topological polar surface area (TPSA) is 83.5 Å². The van der Waals surface area contributed by atoms with Gasteiger partial charge in [0.05, 0.1) is 12.1 Å². The Kier molecular flexibility index (Phi) is 7.85. The predicted octanol–water partition coefficient (Wildman–Crippen LogP) is 4.53. The Labute approximate surface area is 216 Å². The van der Waals surface area contributed by atoms with Gasteiger partial charge < -0.3 is 20.5 Å². The fourth-order valence-electron chi connectivity index (χ4n) is 5.28. The van der Waals surface area contributed by atoms with Gasteiger partial charge in [0, 0.05) is 37.7 Å². The largest absolute Gasteiger partial charge is 0.471 e. The lowest BCUT2D eigenvalue weighted by Gasteiger charge is -2.47. The molecule has 2 aliphatic rings. The number of aliphatic hydroxyl groups excluding tert-OH is 1. The Balaban J connectivity index is 1.51. The number of fused-ring (bicyclic) bond motifs is 1. The standard InChI is InChI=1S/C28H36F3N3O3/c1-16(35)34-22(11-17-9-20(29)25(31)21(30)10-17)24(36)15-32-23-13-28(6-5-7-28)37-26-19(23)8-18(14-33-26)12-27(2,3)4/h8-10,14,22-24,32,36H,5-7,11-13,15H2,1-4H3,(H,34,35)/t22-,23-,24+/m0/s1. The molecule has 0 bridgehead atoms. The number of aromatic nitrogens is 1. The fourth-order valence-corrected chi connectivity index (χ4v) is 5.28. The van der Waals surface area contributed by atoms with Gasteiger partial charge in [-0.25, -0.2) is 18.2 Å². The first kappa shape index (κ1) is 27.4. The molecule has 1 spiro atoms. The minimum atomic E-state index is -1.55. The minimum absolute atomic E-state index is 0.0673. The zero-order valence-corrected chi connectivity index (χ0v) is 21.8. The van der Waals surface area contributed by atoms with Crippen LogP contribution < -0.4 is 15.4 Å². The van der Waals surface area contributed by atoms with Crippen LogP contribution in [0.3, 0.4) is 0 Å². The molecule has 1 aromatic heterocycles. The van der Waals surface area contributed by atoms with Gasteiger partial charge in [-0.2, -0.15) is 0 Å². The summed E-state index contributed by atoms with van der Waals surface area (Å²) < 4.78 is 47.2. The molecule has 6 nitrogen and oxygen atoms in total. The van der Waals surface area contributed by atoms with Gasteiger partial charge in [0.15, 0.2) is 17.5 Å². The third kappa shape index (κ3) is 6.62. The molecular formula is C28H36F3N3O3. The molecule has 1 saturated carbocycles. The molecule has 0 saturated heterocycles. The summed E-state index contributed by atoms with van der Waals surface area (Å²) in [5.74, 6) is -3.97. The lowest BCUT2D eigenvalue weighted by molar-refractivity contribution is -0.120. The lowest BCUT2D eigenvalue weighted by atomic mass is 9.73. The first-order chi connectivity index (χ1) is 17.3. The Bertz CT molecular complexity index is 1120. The first-order valence-corrected chi connectivity index (χ1v) is 12.8. The summed E-state index contributed by atoms with van der Waals surface area (Å²) in [6, 6.07) is 2.91. The summed E-state index contributed by atoms with van der Waals surface area (Å²) in [5.41, 5.74) is 1.99.